The van der Waals surface area contributed by atoms with Gasteiger partial charge in [0.2, 0.25) is 5.91 Å². The Balaban J connectivity index is 2.17. The lowest BCUT2D eigenvalue weighted by molar-refractivity contribution is -0.123. The summed E-state index contributed by atoms with van der Waals surface area (Å²) in [5, 5.41) is 12.3. The zero-order chi connectivity index (χ0) is 14.4. The van der Waals surface area contributed by atoms with Crippen molar-refractivity contribution < 1.29 is 4.79 Å². The Labute approximate surface area is 120 Å². The van der Waals surface area contributed by atoms with Crippen molar-refractivity contribution in [2.45, 2.75) is 38.5 Å². The van der Waals surface area contributed by atoms with Crippen LogP contribution >= 0.6 is 0 Å². The van der Waals surface area contributed by atoms with Gasteiger partial charge in [-0.1, -0.05) is 37.7 Å². The van der Waals surface area contributed by atoms with E-state index in [0.717, 1.165) is 31.2 Å². The average Bonchev–Trinajstić information content (AvgIpc) is 2.74. The van der Waals surface area contributed by atoms with Gasteiger partial charge in [0.1, 0.15) is 5.41 Å². The molecule has 0 saturated heterocycles. The highest BCUT2D eigenvalue weighted by Crippen LogP contribution is 2.35. The summed E-state index contributed by atoms with van der Waals surface area (Å²) in [7, 11) is 0. The molecule has 20 heavy (non-hydrogen) atoms. The van der Waals surface area contributed by atoms with Crippen LogP contribution < -0.4 is 5.32 Å². The first-order valence-electron chi connectivity index (χ1n) is 6.99. The van der Waals surface area contributed by atoms with Gasteiger partial charge in [-0.2, -0.15) is 5.26 Å². The normalized spacial score (nSPS) is 17.3. The third-order valence-electron chi connectivity index (χ3n) is 3.89. The number of rotatable bonds is 2. The monoisotopic (exact) mass is 266 g/mol. The molecule has 0 aliphatic heterocycles. The Morgan fingerprint density at radius 2 is 1.95 bits per heavy atom. The van der Waals surface area contributed by atoms with Crippen LogP contribution in [0.3, 0.4) is 0 Å². The van der Waals surface area contributed by atoms with Gasteiger partial charge >= 0.3 is 0 Å². The lowest BCUT2D eigenvalue weighted by Crippen LogP contribution is -2.34. The quantitative estimate of drug-likeness (QED) is 0.658. The smallest absolute Gasteiger partial charge is 0.244 e. The number of hydrogen-bond donors (Lipinski definition) is 1. The lowest BCUT2D eigenvalue weighted by atomic mass is 9.81. The fourth-order valence-corrected chi connectivity index (χ4v) is 2.66. The van der Waals surface area contributed by atoms with Crippen molar-refractivity contribution in [3.8, 4) is 18.4 Å². The van der Waals surface area contributed by atoms with Crippen LogP contribution in [0.4, 0.5) is 5.69 Å². The number of carbonyl (C=O) groups is 1. The number of nitrogens with one attached hydrogen (secondary N) is 1. The van der Waals surface area contributed by atoms with Crippen LogP contribution in [-0.2, 0) is 4.79 Å². The van der Waals surface area contributed by atoms with Crippen LogP contribution in [0.15, 0.2) is 24.3 Å². The molecule has 0 spiro atoms. The number of nitriles is 1. The van der Waals surface area contributed by atoms with Crippen LogP contribution in [0.1, 0.15) is 44.1 Å². The van der Waals surface area contributed by atoms with E-state index in [-0.39, 0.29) is 5.91 Å². The molecule has 0 bridgehead atoms. The molecule has 2 rings (SSSR count). The lowest BCUT2D eigenvalue weighted by Gasteiger charge is -2.23. The fourth-order valence-electron chi connectivity index (χ4n) is 2.66. The predicted octanol–water partition coefficient (Wildman–Crippen LogP) is 3.47. The standard InChI is InChI=1S/C17H18N2O/c1-2-14-8-7-9-15(12-14)19-16(20)17(13-18)10-5-3-4-6-11-17/h1,7-9,12H,3-6,10-11H2,(H,19,20). The van der Waals surface area contributed by atoms with Gasteiger partial charge in [-0.05, 0) is 31.0 Å². The third-order valence-corrected chi connectivity index (χ3v) is 3.89. The van der Waals surface area contributed by atoms with Crippen molar-refractivity contribution in [3.05, 3.63) is 29.8 Å². The SMILES string of the molecule is C#Cc1cccc(NC(=O)C2(C#N)CCCCCC2)c1. The minimum Gasteiger partial charge on any atom is -0.325 e. The van der Waals surface area contributed by atoms with Crippen molar-refractivity contribution in [1.29, 1.82) is 5.26 Å². The van der Waals surface area contributed by atoms with Gasteiger partial charge in [-0.25, -0.2) is 0 Å². The highest BCUT2D eigenvalue weighted by Gasteiger charge is 2.38. The Kier molecular flexibility index (Phi) is 4.43. The van der Waals surface area contributed by atoms with E-state index in [0.29, 0.717) is 18.5 Å². The van der Waals surface area contributed by atoms with Crippen molar-refractivity contribution >= 4 is 11.6 Å². The summed E-state index contributed by atoms with van der Waals surface area (Å²) < 4.78 is 0. The number of anilines is 1. The molecule has 3 nitrogen and oxygen atoms in total. The molecule has 0 heterocycles. The van der Waals surface area contributed by atoms with Crippen LogP contribution in [0.2, 0.25) is 0 Å². The minimum atomic E-state index is -0.886. The van der Waals surface area contributed by atoms with E-state index in [9.17, 15) is 10.1 Å². The summed E-state index contributed by atoms with van der Waals surface area (Å²) in [5.74, 6) is 2.34. The molecule has 0 atom stereocenters. The molecule has 0 unspecified atom stereocenters. The molecule has 3 heteroatoms. The highest BCUT2D eigenvalue weighted by atomic mass is 16.2. The zero-order valence-electron chi connectivity index (χ0n) is 11.5. The third kappa shape index (κ3) is 3.00. The summed E-state index contributed by atoms with van der Waals surface area (Å²) >= 11 is 0. The van der Waals surface area contributed by atoms with Crippen LogP contribution in [0.25, 0.3) is 0 Å². The molecule has 1 saturated carbocycles. The first-order chi connectivity index (χ1) is 9.70. The van der Waals surface area contributed by atoms with Crippen LogP contribution in [0.5, 0.6) is 0 Å². The first kappa shape index (κ1) is 14.2. The maximum absolute atomic E-state index is 12.5. The van der Waals surface area contributed by atoms with Crippen molar-refractivity contribution in [3.63, 3.8) is 0 Å². The van der Waals surface area contributed by atoms with Gasteiger partial charge in [-0.15, -0.1) is 6.42 Å². The molecule has 0 aromatic heterocycles. The number of hydrogen-bond acceptors (Lipinski definition) is 2. The van der Waals surface area contributed by atoms with Crippen LogP contribution in [0, 0.1) is 29.1 Å². The largest absolute Gasteiger partial charge is 0.325 e. The summed E-state index contributed by atoms with van der Waals surface area (Å²) in [6.45, 7) is 0. The molecule has 1 amide bonds. The molecule has 1 N–H and O–H groups in total. The molecular formula is C17H18N2O. The highest BCUT2D eigenvalue weighted by molar-refractivity contribution is 5.97. The van der Waals surface area contributed by atoms with Crippen LogP contribution in [-0.4, -0.2) is 5.91 Å². The number of amides is 1. The summed E-state index contributed by atoms with van der Waals surface area (Å²) in [6.07, 6.45) is 10.7. The van der Waals surface area contributed by atoms with Gasteiger partial charge in [0.15, 0.2) is 0 Å². The Bertz CT molecular complexity index is 569. The van der Waals surface area contributed by atoms with E-state index in [1.54, 1.807) is 24.3 Å². The number of benzene rings is 1. The van der Waals surface area contributed by atoms with Gasteiger partial charge < -0.3 is 5.32 Å². The second-order valence-electron chi connectivity index (χ2n) is 5.29. The van der Waals surface area contributed by atoms with E-state index >= 15 is 0 Å². The van der Waals surface area contributed by atoms with Crippen molar-refractivity contribution in [2.75, 3.05) is 5.32 Å². The molecule has 1 aliphatic rings. The minimum absolute atomic E-state index is 0.198. The van der Waals surface area contributed by atoms with E-state index in [1.165, 1.54) is 0 Å². The summed E-state index contributed by atoms with van der Waals surface area (Å²) in [5.41, 5.74) is 0.488. The maximum atomic E-state index is 12.5. The van der Waals surface area contributed by atoms with Gasteiger partial charge in [-0.3, -0.25) is 4.79 Å². The second-order valence-corrected chi connectivity index (χ2v) is 5.29. The molecule has 1 aromatic rings. The maximum Gasteiger partial charge on any atom is 0.244 e. The molecule has 0 radical (unpaired) electrons. The fraction of sp³-hybridized carbons (Fsp3) is 0.412. The number of nitrogens with zero attached hydrogens (tertiary/aromatic N) is 1. The van der Waals surface area contributed by atoms with E-state index in [4.69, 9.17) is 6.42 Å². The van der Waals surface area contributed by atoms with E-state index in [2.05, 4.69) is 17.3 Å². The molecule has 1 fully saturated rings. The van der Waals surface area contributed by atoms with Crippen molar-refractivity contribution in [2.24, 2.45) is 5.41 Å². The second kappa shape index (κ2) is 6.26. The van der Waals surface area contributed by atoms with E-state index in [1.807, 2.05) is 0 Å². The molecule has 102 valence electrons. The van der Waals surface area contributed by atoms with Crippen molar-refractivity contribution in [1.82, 2.24) is 0 Å². The topological polar surface area (TPSA) is 52.9 Å². The molecular weight excluding hydrogens is 248 g/mol. The van der Waals surface area contributed by atoms with E-state index < -0.39 is 5.41 Å². The first-order valence-corrected chi connectivity index (χ1v) is 6.99. The van der Waals surface area contributed by atoms with Gasteiger partial charge in [0.25, 0.3) is 0 Å². The summed E-state index contributed by atoms with van der Waals surface area (Å²) in [4.78, 5) is 12.5. The Morgan fingerprint density at radius 3 is 2.55 bits per heavy atom. The summed E-state index contributed by atoms with van der Waals surface area (Å²) in [6, 6.07) is 9.40. The van der Waals surface area contributed by atoms with Gasteiger partial charge in [0.05, 0.1) is 6.07 Å². The Hall–Kier alpha value is -2.26. The number of terminal acetylenes is 1. The number of carbonyl (C=O) groups excluding carboxylic acids is 1. The molecule has 1 aliphatic carbocycles. The Morgan fingerprint density at radius 1 is 1.25 bits per heavy atom. The average molecular weight is 266 g/mol. The zero-order valence-corrected chi connectivity index (χ0v) is 11.5. The van der Waals surface area contributed by atoms with Gasteiger partial charge in [0, 0.05) is 11.3 Å². The predicted molar refractivity (Wildman–Crippen MR) is 78.8 cm³/mol. The molecule has 1 aromatic carbocycles.